The quantitative estimate of drug-likeness (QED) is 0.513. The number of benzene rings is 3. The lowest BCUT2D eigenvalue weighted by Gasteiger charge is -2.35. The van der Waals surface area contributed by atoms with E-state index < -0.39 is 31.2 Å². The van der Waals surface area contributed by atoms with Crippen LogP contribution >= 0.6 is 0 Å². The van der Waals surface area contributed by atoms with E-state index in [4.69, 9.17) is 0 Å². The predicted octanol–water partition coefficient (Wildman–Crippen LogP) is 4.67. The van der Waals surface area contributed by atoms with Gasteiger partial charge in [0.15, 0.2) is 9.84 Å². The van der Waals surface area contributed by atoms with Crippen LogP contribution in [0.25, 0.3) is 0 Å². The molecule has 3 aromatic carbocycles. The number of aryl methyl sites for hydroxylation is 2. The number of sulfonamides is 1. The molecular formula is C26H27NO4S2. The molecule has 1 aliphatic heterocycles. The van der Waals surface area contributed by atoms with E-state index in [1.165, 1.54) is 16.6 Å². The molecule has 0 aliphatic carbocycles. The van der Waals surface area contributed by atoms with Crippen LogP contribution in [-0.4, -0.2) is 32.4 Å². The molecule has 3 aromatic rings. The highest BCUT2D eigenvalue weighted by Gasteiger charge is 2.38. The summed E-state index contributed by atoms with van der Waals surface area (Å²) in [5.41, 5.74) is 2.90. The monoisotopic (exact) mass is 481 g/mol. The van der Waals surface area contributed by atoms with Gasteiger partial charge in [-0.25, -0.2) is 16.8 Å². The van der Waals surface area contributed by atoms with Crippen molar-refractivity contribution in [2.45, 2.75) is 47.8 Å². The topological polar surface area (TPSA) is 71.5 Å². The third-order valence-corrected chi connectivity index (χ3v) is 9.89. The molecule has 0 fully saturated rings. The zero-order valence-electron chi connectivity index (χ0n) is 18.6. The molecule has 0 amide bonds. The molecule has 5 nitrogen and oxygen atoms in total. The van der Waals surface area contributed by atoms with Gasteiger partial charge in [0.05, 0.1) is 21.1 Å². The molecule has 2 atom stereocenters. The van der Waals surface area contributed by atoms with E-state index in [0.717, 1.165) is 16.7 Å². The summed E-state index contributed by atoms with van der Waals surface area (Å²) in [7, 11) is -7.49. The van der Waals surface area contributed by atoms with Crippen LogP contribution in [0.3, 0.4) is 0 Å². The van der Waals surface area contributed by atoms with E-state index in [0.29, 0.717) is 6.42 Å². The van der Waals surface area contributed by atoms with Gasteiger partial charge in [-0.05, 0) is 62.6 Å². The van der Waals surface area contributed by atoms with Gasteiger partial charge in [-0.15, -0.1) is 0 Å². The van der Waals surface area contributed by atoms with Crippen molar-refractivity contribution in [1.29, 1.82) is 0 Å². The van der Waals surface area contributed by atoms with Crippen molar-refractivity contribution in [2.24, 2.45) is 0 Å². The van der Waals surface area contributed by atoms with Gasteiger partial charge >= 0.3 is 0 Å². The van der Waals surface area contributed by atoms with Crippen molar-refractivity contribution in [1.82, 2.24) is 4.31 Å². The smallest absolute Gasteiger partial charge is 0.264 e. The lowest BCUT2D eigenvalue weighted by molar-refractivity contribution is 0.359. The Morgan fingerprint density at radius 2 is 1.30 bits per heavy atom. The first-order valence-corrected chi connectivity index (χ1v) is 13.8. The summed E-state index contributed by atoms with van der Waals surface area (Å²) in [5.74, 6) is 0. The largest absolute Gasteiger partial charge is 0.270 e. The van der Waals surface area contributed by atoms with Gasteiger partial charge in [0.2, 0.25) is 0 Å². The van der Waals surface area contributed by atoms with Crippen LogP contribution in [0.15, 0.2) is 101 Å². The average molecular weight is 482 g/mol. The van der Waals surface area contributed by atoms with E-state index in [1.54, 1.807) is 48.5 Å². The van der Waals surface area contributed by atoms with E-state index in [-0.39, 0.29) is 16.2 Å². The van der Waals surface area contributed by atoms with Crippen LogP contribution in [0, 0.1) is 13.8 Å². The molecule has 0 bridgehead atoms. The molecule has 7 heteroatoms. The van der Waals surface area contributed by atoms with Crippen LogP contribution in [0.2, 0.25) is 0 Å². The Morgan fingerprint density at radius 1 is 0.758 bits per heavy atom. The molecular weight excluding hydrogens is 454 g/mol. The molecule has 0 radical (unpaired) electrons. The Kier molecular flexibility index (Phi) is 6.45. The SMILES string of the molecule is Cc1ccc(S(=O)(=O)[C@@H]2C=CN(S(=O)(=O)c3ccc(C)cc3)[C@@H](Cc3ccccc3)C2)cc1. The van der Waals surface area contributed by atoms with E-state index in [9.17, 15) is 16.8 Å². The summed E-state index contributed by atoms with van der Waals surface area (Å²) in [4.78, 5) is 0.437. The number of rotatable bonds is 6. The van der Waals surface area contributed by atoms with Gasteiger partial charge < -0.3 is 0 Å². The summed E-state index contributed by atoms with van der Waals surface area (Å²) >= 11 is 0. The van der Waals surface area contributed by atoms with Crippen LogP contribution < -0.4 is 0 Å². The summed E-state index contributed by atoms with van der Waals surface area (Å²) in [6.07, 6.45) is 3.52. The van der Waals surface area contributed by atoms with E-state index in [2.05, 4.69) is 0 Å². The van der Waals surface area contributed by atoms with Crippen molar-refractivity contribution >= 4 is 19.9 Å². The Morgan fingerprint density at radius 3 is 1.88 bits per heavy atom. The number of sulfone groups is 1. The van der Waals surface area contributed by atoms with E-state index in [1.807, 2.05) is 44.2 Å². The third kappa shape index (κ3) is 4.89. The zero-order valence-corrected chi connectivity index (χ0v) is 20.3. The molecule has 4 rings (SSSR count). The Balaban J connectivity index is 1.72. The summed E-state index contributed by atoms with van der Waals surface area (Å²) in [5, 5.41) is -0.807. The minimum Gasteiger partial charge on any atom is -0.270 e. The Bertz CT molecular complexity index is 1350. The van der Waals surface area contributed by atoms with Gasteiger partial charge in [0.25, 0.3) is 10.0 Å². The minimum atomic E-state index is -3.84. The molecule has 1 heterocycles. The van der Waals surface area contributed by atoms with Crippen molar-refractivity contribution in [3.8, 4) is 0 Å². The molecule has 172 valence electrons. The fourth-order valence-corrected chi connectivity index (χ4v) is 7.18. The first-order chi connectivity index (χ1) is 15.7. The van der Waals surface area contributed by atoms with Crippen LogP contribution in [0.4, 0.5) is 0 Å². The van der Waals surface area contributed by atoms with Gasteiger partial charge in [-0.3, -0.25) is 4.31 Å². The molecule has 1 aliphatic rings. The van der Waals surface area contributed by atoms with Crippen molar-refractivity contribution < 1.29 is 16.8 Å². The molecule has 0 spiro atoms. The second-order valence-corrected chi connectivity index (χ2v) is 12.5. The number of nitrogens with zero attached hydrogens (tertiary/aromatic N) is 1. The first-order valence-electron chi connectivity index (χ1n) is 10.8. The van der Waals surface area contributed by atoms with Crippen LogP contribution in [-0.2, 0) is 26.3 Å². The lowest BCUT2D eigenvalue weighted by atomic mass is 10.00. The molecule has 0 N–H and O–H groups in total. The summed E-state index contributed by atoms with van der Waals surface area (Å²) < 4.78 is 55.0. The van der Waals surface area contributed by atoms with Gasteiger partial charge in [0, 0.05) is 6.20 Å². The maximum absolute atomic E-state index is 13.5. The van der Waals surface area contributed by atoms with Crippen molar-refractivity contribution in [2.75, 3.05) is 0 Å². The Hall–Kier alpha value is -2.90. The standard InChI is InChI=1S/C26H27NO4S2/c1-20-8-12-24(13-9-20)32(28,29)26-16-17-27(23(19-26)18-22-6-4-3-5-7-22)33(30,31)25-14-10-21(2)11-15-25/h3-17,23,26H,18-19H2,1-2H3/t23-,26+/m0/s1. The fraction of sp³-hybridized carbons (Fsp3) is 0.231. The van der Waals surface area contributed by atoms with Gasteiger partial charge in [-0.2, -0.15) is 0 Å². The first kappa shape index (κ1) is 23.3. The third-order valence-electron chi connectivity index (χ3n) is 5.97. The Labute approximate surface area is 196 Å². The van der Waals surface area contributed by atoms with Crippen molar-refractivity contribution in [3.05, 3.63) is 108 Å². The highest BCUT2D eigenvalue weighted by molar-refractivity contribution is 7.92. The van der Waals surface area contributed by atoms with Crippen molar-refractivity contribution in [3.63, 3.8) is 0 Å². The number of hydrogen-bond donors (Lipinski definition) is 0. The minimum absolute atomic E-state index is 0.173. The molecule has 0 saturated heterocycles. The highest BCUT2D eigenvalue weighted by Crippen LogP contribution is 2.31. The van der Waals surface area contributed by atoms with E-state index >= 15 is 0 Å². The molecule has 33 heavy (non-hydrogen) atoms. The van der Waals surface area contributed by atoms with Gasteiger partial charge in [-0.1, -0.05) is 65.7 Å². The summed E-state index contributed by atoms with van der Waals surface area (Å²) in [6, 6.07) is 22.5. The maximum Gasteiger partial charge on any atom is 0.264 e. The summed E-state index contributed by atoms with van der Waals surface area (Å²) in [6.45, 7) is 3.80. The average Bonchev–Trinajstić information content (AvgIpc) is 2.80. The number of hydrogen-bond acceptors (Lipinski definition) is 4. The highest BCUT2D eigenvalue weighted by atomic mass is 32.2. The second-order valence-electron chi connectivity index (χ2n) is 8.47. The molecule has 0 aromatic heterocycles. The van der Waals surface area contributed by atoms with Crippen LogP contribution in [0.1, 0.15) is 23.1 Å². The molecule has 0 saturated carbocycles. The molecule has 0 unspecified atom stereocenters. The van der Waals surface area contributed by atoms with Gasteiger partial charge in [0.1, 0.15) is 0 Å². The lowest BCUT2D eigenvalue weighted by Crippen LogP contribution is -2.44. The normalized spacial score (nSPS) is 18.9. The van der Waals surface area contributed by atoms with Crippen LogP contribution in [0.5, 0.6) is 0 Å². The fourth-order valence-electron chi connectivity index (χ4n) is 4.05. The zero-order chi connectivity index (χ0) is 23.6. The second kappa shape index (κ2) is 9.15. The maximum atomic E-state index is 13.5. The predicted molar refractivity (Wildman–Crippen MR) is 130 cm³/mol.